The summed E-state index contributed by atoms with van der Waals surface area (Å²) in [6.45, 7) is 0. The van der Waals surface area contributed by atoms with Crippen LogP contribution in [0, 0.1) is 17.8 Å². The molecule has 2 heterocycles. The highest BCUT2D eigenvalue weighted by Gasteiger charge is 2.49. The van der Waals surface area contributed by atoms with Crippen molar-refractivity contribution in [2.24, 2.45) is 23.5 Å². The van der Waals surface area contributed by atoms with Crippen LogP contribution in [-0.4, -0.2) is 31.7 Å². The minimum Gasteiger partial charge on any atom is -0.327 e. The molecule has 0 spiro atoms. The SMILES string of the molecule is Cl.Cl.NC1C2CCC(C2)C1C(=O)Nc1ccc(-n2cncn2)nc1. The molecule has 9 heteroatoms. The normalized spacial score (nSPS) is 27.2. The standard InChI is InChI=1S/C15H18N6O.2ClH/c16-14-10-2-1-9(5-10)13(14)15(22)20-11-3-4-12(18-6-11)21-8-17-7-19-21;;/h3-4,6-10,13-14H,1-2,5,16H2,(H,20,22);2*1H. The molecule has 130 valence electrons. The molecule has 7 nitrogen and oxygen atoms in total. The van der Waals surface area contributed by atoms with Crippen molar-refractivity contribution in [3.05, 3.63) is 31.0 Å². The van der Waals surface area contributed by atoms with E-state index in [0.717, 1.165) is 12.8 Å². The highest BCUT2D eigenvalue weighted by atomic mass is 35.5. The first-order valence-corrected chi connectivity index (χ1v) is 7.60. The lowest BCUT2D eigenvalue weighted by molar-refractivity contribution is -0.121. The van der Waals surface area contributed by atoms with Crippen LogP contribution in [-0.2, 0) is 4.79 Å². The van der Waals surface area contributed by atoms with Gasteiger partial charge in [-0.2, -0.15) is 5.10 Å². The van der Waals surface area contributed by atoms with Gasteiger partial charge in [0.05, 0.1) is 17.8 Å². The number of halogens is 2. The highest BCUT2D eigenvalue weighted by Crippen LogP contribution is 2.47. The lowest BCUT2D eigenvalue weighted by atomic mass is 9.84. The Hall–Kier alpha value is -1.70. The van der Waals surface area contributed by atoms with Gasteiger partial charge in [-0.1, -0.05) is 0 Å². The molecule has 24 heavy (non-hydrogen) atoms. The number of hydrogen-bond donors (Lipinski definition) is 2. The predicted octanol–water partition coefficient (Wildman–Crippen LogP) is 1.82. The van der Waals surface area contributed by atoms with E-state index in [0.29, 0.717) is 23.3 Å². The summed E-state index contributed by atoms with van der Waals surface area (Å²) in [5, 5.41) is 6.96. The van der Waals surface area contributed by atoms with Crippen molar-refractivity contribution in [2.45, 2.75) is 25.3 Å². The topological polar surface area (TPSA) is 98.7 Å². The summed E-state index contributed by atoms with van der Waals surface area (Å²) in [6.07, 6.45) is 8.06. The summed E-state index contributed by atoms with van der Waals surface area (Å²) in [4.78, 5) is 20.6. The molecule has 2 saturated carbocycles. The molecule has 2 aliphatic rings. The molecular weight excluding hydrogens is 351 g/mol. The molecule has 0 saturated heterocycles. The van der Waals surface area contributed by atoms with Crippen molar-refractivity contribution in [3.63, 3.8) is 0 Å². The van der Waals surface area contributed by atoms with Crippen LogP contribution < -0.4 is 11.1 Å². The van der Waals surface area contributed by atoms with Crippen LogP contribution in [0.4, 0.5) is 5.69 Å². The Morgan fingerprint density at radius 1 is 1.25 bits per heavy atom. The van der Waals surface area contributed by atoms with Crippen LogP contribution in [0.15, 0.2) is 31.0 Å². The lowest BCUT2D eigenvalue weighted by Crippen LogP contribution is -2.42. The van der Waals surface area contributed by atoms with Gasteiger partial charge in [0.25, 0.3) is 0 Å². The first kappa shape index (κ1) is 18.6. The Kier molecular flexibility index (Phi) is 5.79. The highest BCUT2D eigenvalue weighted by molar-refractivity contribution is 5.93. The first-order chi connectivity index (χ1) is 10.7. The number of fused-ring (bicyclic) bond motifs is 2. The molecule has 0 aliphatic heterocycles. The van der Waals surface area contributed by atoms with Crippen molar-refractivity contribution < 1.29 is 4.79 Å². The van der Waals surface area contributed by atoms with E-state index in [1.54, 1.807) is 23.3 Å². The number of aromatic nitrogens is 4. The number of pyridine rings is 1. The third kappa shape index (κ3) is 3.24. The molecule has 3 N–H and O–H groups in total. The average Bonchev–Trinajstić information content (AvgIpc) is 3.25. The van der Waals surface area contributed by atoms with Crippen LogP contribution in [0.5, 0.6) is 0 Å². The zero-order valence-corrected chi connectivity index (χ0v) is 14.5. The van der Waals surface area contributed by atoms with Crippen LogP contribution in [0.2, 0.25) is 0 Å². The second-order valence-electron chi connectivity index (χ2n) is 6.17. The maximum Gasteiger partial charge on any atom is 0.229 e. The van der Waals surface area contributed by atoms with Gasteiger partial charge in [-0.05, 0) is 43.2 Å². The van der Waals surface area contributed by atoms with E-state index in [1.165, 1.54) is 12.7 Å². The maximum absolute atomic E-state index is 12.5. The van der Waals surface area contributed by atoms with Crippen LogP contribution in [0.3, 0.4) is 0 Å². The summed E-state index contributed by atoms with van der Waals surface area (Å²) >= 11 is 0. The molecule has 4 unspecified atom stereocenters. The van der Waals surface area contributed by atoms with Crippen molar-refractivity contribution in [1.29, 1.82) is 0 Å². The van der Waals surface area contributed by atoms with Crippen LogP contribution in [0.25, 0.3) is 5.82 Å². The van der Waals surface area contributed by atoms with Gasteiger partial charge in [0.1, 0.15) is 12.7 Å². The number of carbonyl (C=O) groups excluding carboxylic acids is 1. The predicted molar refractivity (Wildman–Crippen MR) is 94.6 cm³/mol. The van der Waals surface area contributed by atoms with Gasteiger partial charge >= 0.3 is 0 Å². The van der Waals surface area contributed by atoms with Crippen molar-refractivity contribution in [2.75, 3.05) is 5.32 Å². The minimum atomic E-state index is -0.0614. The molecule has 0 radical (unpaired) electrons. The van der Waals surface area contributed by atoms with Crippen LogP contribution in [0.1, 0.15) is 19.3 Å². The second kappa shape index (κ2) is 7.46. The smallest absolute Gasteiger partial charge is 0.229 e. The summed E-state index contributed by atoms with van der Waals surface area (Å²) < 4.78 is 1.57. The largest absolute Gasteiger partial charge is 0.327 e. The van der Waals surface area contributed by atoms with E-state index < -0.39 is 0 Å². The molecule has 2 aromatic heterocycles. The number of hydrogen-bond acceptors (Lipinski definition) is 5. The molecule has 0 aromatic carbocycles. The van der Waals surface area contributed by atoms with Gasteiger partial charge in [0.15, 0.2) is 5.82 Å². The fraction of sp³-hybridized carbons (Fsp3) is 0.467. The van der Waals surface area contributed by atoms with Gasteiger partial charge < -0.3 is 11.1 Å². The molecular formula is C15H20Cl2N6O. The number of nitrogens with two attached hydrogens (primary N) is 1. The summed E-state index contributed by atoms with van der Waals surface area (Å²) in [5.74, 6) is 1.59. The summed E-state index contributed by atoms with van der Waals surface area (Å²) in [6, 6.07) is 3.62. The Morgan fingerprint density at radius 2 is 2.04 bits per heavy atom. The van der Waals surface area contributed by atoms with E-state index >= 15 is 0 Å². The third-order valence-electron chi connectivity index (χ3n) is 4.95. The molecule has 2 aliphatic carbocycles. The Bertz CT molecular complexity index is 676. The number of amides is 1. The maximum atomic E-state index is 12.5. The average molecular weight is 371 g/mol. The van der Waals surface area contributed by atoms with E-state index in [-0.39, 0.29) is 42.7 Å². The van der Waals surface area contributed by atoms with Gasteiger partial charge in [-0.25, -0.2) is 14.6 Å². The van der Waals surface area contributed by atoms with E-state index in [4.69, 9.17) is 5.73 Å². The van der Waals surface area contributed by atoms with E-state index in [1.807, 2.05) is 6.07 Å². The molecule has 1 amide bonds. The Balaban J connectivity index is 0.00000104. The van der Waals surface area contributed by atoms with Gasteiger partial charge in [0, 0.05) is 6.04 Å². The summed E-state index contributed by atoms with van der Waals surface area (Å²) in [5.41, 5.74) is 6.90. The molecule has 4 atom stereocenters. The molecule has 4 rings (SSSR count). The van der Waals surface area contributed by atoms with Gasteiger partial charge in [0.2, 0.25) is 5.91 Å². The van der Waals surface area contributed by atoms with Crippen molar-refractivity contribution >= 4 is 36.4 Å². The molecule has 2 aromatic rings. The monoisotopic (exact) mass is 370 g/mol. The zero-order valence-electron chi connectivity index (χ0n) is 12.9. The Morgan fingerprint density at radius 3 is 2.62 bits per heavy atom. The van der Waals surface area contributed by atoms with Crippen LogP contribution >= 0.6 is 24.8 Å². The fourth-order valence-corrected chi connectivity index (χ4v) is 3.87. The van der Waals surface area contributed by atoms with E-state index in [2.05, 4.69) is 20.4 Å². The lowest BCUT2D eigenvalue weighted by Gasteiger charge is -2.26. The quantitative estimate of drug-likeness (QED) is 0.858. The molecule has 2 bridgehead atoms. The van der Waals surface area contributed by atoms with Gasteiger partial charge in [-0.3, -0.25) is 4.79 Å². The Labute approximate surface area is 152 Å². The minimum absolute atomic E-state index is 0. The molecule has 2 fully saturated rings. The third-order valence-corrected chi connectivity index (χ3v) is 4.95. The van der Waals surface area contributed by atoms with Crippen molar-refractivity contribution in [3.8, 4) is 5.82 Å². The number of nitrogens with one attached hydrogen (secondary N) is 1. The number of nitrogens with zero attached hydrogens (tertiary/aromatic N) is 4. The summed E-state index contributed by atoms with van der Waals surface area (Å²) in [7, 11) is 0. The van der Waals surface area contributed by atoms with Gasteiger partial charge in [-0.15, -0.1) is 24.8 Å². The first-order valence-electron chi connectivity index (χ1n) is 7.60. The number of carbonyl (C=O) groups is 1. The number of rotatable bonds is 3. The fourth-order valence-electron chi connectivity index (χ4n) is 3.87. The van der Waals surface area contributed by atoms with E-state index in [9.17, 15) is 4.79 Å². The van der Waals surface area contributed by atoms with Crippen molar-refractivity contribution in [1.82, 2.24) is 19.7 Å². The zero-order chi connectivity index (χ0) is 15.1. The number of anilines is 1. The second-order valence-corrected chi connectivity index (χ2v) is 6.17.